The Morgan fingerprint density at radius 1 is 0.750 bits per heavy atom. The molecule has 0 heterocycles. The van der Waals surface area contributed by atoms with E-state index in [0.29, 0.717) is 6.61 Å². The molecule has 0 aliphatic heterocycles. The minimum absolute atomic E-state index is 0.142. The van der Waals surface area contributed by atoms with Crippen LogP contribution in [0.3, 0.4) is 0 Å². The quantitative estimate of drug-likeness (QED) is 0.395. The molecule has 0 unspecified atom stereocenters. The van der Waals surface area contributed by atoms with Crippen LogP contribution in [0.25, 0.3) is 0 Å². The van der Waals surface area contributed by atoms with Gasteiger partial charge in [0, 0.05) is 0 Å². The Kier molecular flexibility index (Phi) is 6.76. The van der Waals surface area contributed by atoms with Crippen LogP contribution in [-0.2, 0) is 11.8 Å². The van der Waals surface area contributed by atoms with Crippen molar-refractivity contribution in [1.82, 2.24) is 0 Å². The smallest absolute Gasteiger partial charge is 0.127 e. The van der Waals surface area contributed by atoms with E-state index >= 15 is 0 Å². The van der Waals surface area contributed by atoms with E-state index in [0.717, 1.165) is 36.5 Å². The molecule has 0 N–H and O–H groups in total. The lowest BCUT2D eigenvalue weighted by Gasteiger charge is -2.25. The summed E-state index contributed by atoms with van der Waals surface area (Å²) >= 11 is 0. The van der Waals surface area contributed by atoms with Gasteiger partial charge in [-0.15, -0.1) is 0 Å². The van der Waals surface area contributed by atoms with Gasteiger partial charge >= 0.3 is 0 Å². The number of hydrogen-bond donors (Lipinski definition) is 0. The first-order valence-electron chi connectivity index (χ1n) is 10.1. The summed E-state index contributed by atoms with van der Waals surface area (Å²) in [6, 6.07) is 26.9. The van der Waals surface area contributed by atoms with Gasteiger partial charge in [-0.3, -0.25) is 0 Å². The third-order valence-electron chi connectivity index (χ3n) is 5.09. The van der Waals surface area contributed by atoms with E-state index < -0.39 is 0 Å². The topological polar surface area (TPSA) is 18.5 Å². The highest BCUT2D eigenvalue weighted by atomic mass is 16.5. The van der Waals surface area contributed by atoms with Crippen LogP contribution < -0.4 is 9.47 Å². The molecule has 2 heteroatoms. The molecule has 0 bridgehead atoms. The van der Waals surface area contributed by atoms with Crippen LogP contribution in [0, 0.1) is 0 Å². The predicted octanol–water partition coefficient (Wildman–Crippen LogP) is 7.18. The molecule has 3 aromatic rings. The van der Waals surface area contributed by atoms with Crippen LogP contribution in [0.4, 0.5) is 0 Å². The Balaban J connectivity index is 1.55. The summed E-state index contributed by atoms with van der Waals surface area (Å²) in [5.41, 5.74) is 2.82. The number of ether oxygens (including phenoxy) is 2. The van der Waals surface area contributed by atoms with Crippen molar-refractivity contribution in [3.05, 3.63) is 90.0 Å². The zero-order valence-electron chi connectivity index (χ0n) is 17.2. The first kappa shape index (κ1) is 20.0. The van der Waals surface area contributed by atoms with Gasteiger partial charge in [0.15, 0.2) is 0 Å². The molecule has 0 atom stereocenters. The van der Waals surface area contributed by atoms with Gasteiger partial charge in [-0.2, -0.15) is 0 Å². The molecular weight excluding hydrogens is 344 g/mol. The highest BCUT2D eigenvalue weighted by Crippen LogP contribution is 2.31. The zero-order valence-corrected chi connectivity index (χ0v) is 17.2. The Morgan fingerprint density at radius 2 is 1.46 bits per heavy atom. The summed E-state index contributed by atoms with van der Waals surface area (Å²) in [4.78, 5) is 0. The minimum Gasteiger partial charge on any atom is -0.494 e. The van der Waals surface area contributed by atoms with E-state index in [9.17, 15) is 0 Å². The lowest BCUT2D eigenvalue weighted by atomic mass is 9.80. The molecule has 0 saturated heterocycles. The van der Waals surface area contributed by atoms with Gasteiger partial charge in [-0.1, -0.05) is 56.3 Å². The minimum atomic E-state index is 0.142. The van der Waals surface area contributed by atoms with Crippen LogP contribution >= 0.6 is 0 Å². The van der Waals surface area contributed by atoms with Gasteiger partial charge in [0.05, 0.1) is 6.61 Å². The summed E-state index contributed by atoms with van der Waals surface area (Å²) in [5, 5.41) is 0. The summed E-state index contributed by atoms with van der Waals surface area (Å²) < 4.78 is 11.5. The number of rotatable bonds is 9. The predicted molar refractivity (Wildman–Crippen MR) is 117 cm³/mol. The van der Waals surface area contributed by atoms with Gasteiger partial charge in [-0.25, -0.2) is 0 Å². The van der Waals surface area contributed by atoms with E-state index in [1.165, 1.54) is 11.1 Å². The summed E-state index contributed by atoms with van der Waals surface area (Å²) in [5.74, 6) is 2.71. The number of aryl methyl sites for hydroxylation is 1. The molecule has 0 spiro atoms. The van der Waals surface area contributed by atoms with Gasteiger partial charge < -0.3 is 9.47 Å². The van der Waals surface area contributed by atoms with Gasteiger partial charge in [0.25, 0.3) is 0 Å². The van der Waals surface area contributed by atoms with E-state index in [1.807, 2.05) is 43.3 Å². The third kappa shape index (κ3) is 5.63. The van der Waals surface area contributed by atoms with Crippen molar-refractivity contribution in [3.63, 3.8) is 0 Å². The number of benzene rings is 3. The normalized spacial score (nSPS) is 11.2. The van der Waals surface area contributed by atoms with Crippen LogP contribution in [0.5, 0.6) is 17.2 Å². The largest absolute Gasteiger partial charge is 0.494 e. The lowest BCUT2D eigenvalue weighted by Crippen LogP contribution is -2.17. The van der Waals surface area contributed by atoms with Crippen molar-refractivity contribution in [2.75, 3.05) is 6.61 Å². The van der Waals surface area contributed by atoms with Crippen LogP contribution in [0.1, 0.15) is 44.7 Å². The summed E-state index contributed by atoms with van der Waals surface area (Å²) in [6.45, 7) is 7.35. The highest BCUT2D eigenvalue weighted by molar-refractivity contribution is 5.34. The Labute approximate surface area is 169 Å². The molecular formula is C26H30O2. The molecule has 0 saturated carbocycles. The van der Waals surface area contributed by atoms with Crippen molar-refractivity contribution >= 4 is 0 Å². The highest BCUT2D eigenvalue weighted by Gasteiger charge is 2.20. The fourth-order valence-corrected chi connectivity index (χ4v) is 3.44. The third-order valence-corrected chi connectivity index (χ3v) is 5.09. The second kappa shape index (κ2) is 9.45. The molecule has 28 heavy (non-hydrogen) atoms. The van der Waals surface area contributed by atoms with Crippen molar-refractivity contribution in [2.45, 2.75) is 45.4 Å². The molecule has 0 amide bonds. The first-order chi connectivity index (χ1) is 13.6. The Bertz CT molecular complexity index is 851. The SMILES string of the molecule is CCOc1ccc(C(C)(C)CCCc2cccc(Oc3ccccc3)c2)cc1. The van der Waals surface area contributed by atoms with Crippen molar-refractivity contribution < 1.29 is 9.47 Å². The number of para-hydroxylation sites is 1. The molecule has 0 aliphatic carbocycles. The van der Waals surface area contributed by atoms with E-state index in [2.05, 4.69) is 56.3 Å². The van der Waals surface area contributed by atoms with E-state index in [4.69, 9.17) is 9.47 Å². The molecule has 146 valence electrons. The first-order valence-corrected chi connectivity index (χ1v) is 10.1. The average Bonchev–Trinajstić information content (AvgIpc) is 2.70. The standard InChI is InChI=1S/C26H30O2/c1-4-27-23-17-15-22(16-18-23)26(2,3)19-9-11-21-10-8-14-25(20-21)28-24-12-6-5-7-13-24/h5-8,10,12-18,20H,4,9,11,19H2,1-3H3. The lowest BCUT2D eigenvalue weighted by molar-refractivity contribution is 0.339. The van der Waals surface area contributed by atoms with Crippen LogP contribution in [-0.4, -0.2) is 6.61 Å². The fraction of sp³-hybridized carbons (Fsp3) is 0.308. The van der Waals surface area contributed by atoms with Gasteiger partial charge in [0.2, 0.25) is 0 Å². The molecule has 0 aliphatic rings. The van der Waals surface area contributed by atoms with Gasteiger partial charge in [0.1, 0.15) is 17.2 Å². The average molecular weight is 375 g/mol. The molecule has 3 aromatic carbocycles. The molecule has 0 radical (unpaired) electrons. The molecule has 0 fully saturated rings. The second-order valence-electron chi connectivity index (χ2n) is 7.76. The monoisotopic (exact) mass is 374 g/mol. The summed E-state index contributed by atoms with van der Waals surface area (Å²) in [7, 11) is 0. The maximum atomic E-state index is 5.95. The Morgan fingerprint density at radius 3 is 2.18 bits per heavy atom. The van der Waals surface area contributed by atoms with Gasteiger partial charge in [-0.05, 0) is 79.1 Å². The van der Waals surface area contributed by atoms with Crippen LogP contribution in [0.15, 0.2) is 78.9 Å². The van der Waals surface area contributed by atoms with E-state index in [-0.39, 0.29) is 5.41 Å². The van der Waals surface area contributed by atoms with Crippen molar-refractivity contribution in [2.24, 2.45) is 0 Å². The maximum absolute atomic E-state index is 5.95. The second-order valence-corrected chi connectivity index (χ2v) is 7.76. The van der Waals surface area contributed by atoms with Crippen molar-refractivity contribution in [3.8, 4) is 17.2 Å². The fourth-order valence-electron chi connectivity index (χ4n) is 3.44. The maximum Gasteiger partial charge on any atom is 0.127 e. The van der Waals surface area contributed by atoms with Crippen LogP contribution in [0.2, 0.25) is 0 Å². The van der Waals surface area contributed by atoms with Crippen molar-refractivity contribution in [1.29, 1.82) is 0 Å². The molecule has 2 nitrogen and oxygen atoms in total. The summed E-state index contributed by atoms with van der Waals surface area (Å²) in [6.07, 6.45) is 3.31. The van der Waals surface area contributed by atoms with E-state index in [1.54, 1.807) is 0 Å². The molecule has 0 aromatic heterocycles. The molecule has 3 rings (SSSR count). The Hall–Kier alpha value is -2.74. The zero-order chi connectivity index (χ0) is 19.8. The number of hydrogen-bond acceptors (Lipinski definition) is 2.